The molecule has 1 aliphatic heterocycles. The maximum Gasteiger partial charge on any atom is 0.0576 e. The number of hydrogen-bond donors (Lipinski definition) is 1. The average molecular weight is 331 g/mol. The van der Waals surface area contributed by atoms with Gasteiger partial charge in [-0.3, -0.25) is 0 Å². The van der Waals surface area contributed by atoms with Crippen LogP contribution < -0.4 is 5.32 Å². The Morgan fingerprint density at radius 1 is 1.44 bits per heavy atom. The molecule has 1 N–H and O–H groups in total. The van der Waals surface area contributed by atoms with Crippen molar-refractivity contribution in [2.45, 2.75) is 31.8 Å². The van der Waals surface area contributed by atoms with Crippen LogP contribution in [0.1, 0.15) is 25.7 Å². The molecule has 1 aliphatic rings. The fourth-order valence-electron chi connectivity index (χ4n) is 2.03. The van der Waals surface area contributed by atoms with Crippen molar-refractivity contribution in [2.24, 2.45) is 0 Å². The smallest absolute Gasteiger partial charge is 0.0576 e. The van der Waals surface area contributed by atoms with Gasteiger partial charge in [0.05, 0.1) is 6.10 Å². The summed E-state index contributed by atoms with van der Waals surface area (Å²) in [6.45, 7) is 2.01. The van der Waals surface area contributed by atoms with Crippen molar-refractivity contribution in [1.29, 1.82) is 0 Å². The van der Waals surface area contributed by atoms with E-state index in [1.54, 1.807) is 0 Å². The molecule has 2 nitrogen and oxygen atoms in total. The third kappa shape index (κ3) is 3.94. The molecule has 0 aromatic heterocycles. The molecule has 1 atom stereocenters. The molecular weight excluding hydrogens is 313 g/mol. The highest BCUT2D eigenvalue weighted by atomic mass is 127. The summed E-state index contributed by atoms with van der Waals surface area (Å²) in [4.78, 5) is 0. The van der Waals surface area contributed by atoms with E-state index >= 15 is 0 Å². The number of nitrogens with one attached hydrogen (secondary N) is 1. The number of rotatable bonds is 5. The lowest BCUT2D eigenvalue weighted by Gasteiger charge is -2.10. The van der Waals surface area contributed by atoms with Crippen molar-refractivity contribution >= 4 is 28.3 Å². The monoisotopic (exact) mass is 331 g/mol. The second-order valence-electron chi connectivity index (χ2n) is 4.21. The molecule has 1 heterocycles. The zero-order valence-electron chi connectivity index (χ0n) is 9.42. The minimum atomic E-state index is 0.526. The number of benzene rings is 1. The predicted molar refractivity (Wildman–Crippen MR) is 75.9 cm³/mol. The molecule has 0 aliphatic carbocycles. The highest BCUT2D eigenvalue weighted by Gasteiger charge is 2.14. The van der Waals surface area contributed by atoms with E-state index in [0.29, 0.717) is 6.10 Å². The summed E-state index contributed by atoms with van der Waals surface area (Å²) in [7, 11) is 0. The minimum absolute atomic E-state index is 0.526. The Hall–Kier alpha value is -0.290. The van der Waals surface area contributed by atoms with E-state index in [-0.39, 0.29) is 0 Å². The minimum Gasteiger partial charge on any atom is -0.385 e. The molecule has 1 unspecified atom stereocenters. The summed E-state index contributed by atoms with van der Waals surface area (Å²) in [6.07, 6.45) is 5.41. The summed E-state index contributed by atoms with van der Waals surface area (Å²) in [5.74, 6) is 0. The van der Waals surface area contributed by atoms with Crippen LogP contribution in [-0.4, -0.2) is 19.3 Å². The van der Waals surface area contributed by atoms with E-state index in [0.717, 1.165) is 13.2 Å². The molecule has 0 amide bonds. The van der Waals surface area contributed by atoms with E-state index in [1.807, 2.05) is 0 Å². The fraction of sp³-hybridized carbons (Fsp3) is 0.538. The molecule has 0 spiro atoms. The van der Waals surface area contributed by atoms with E-state index < -0.39 is 0 Å². The van der Waals surface area contributed by atoms with Gasteiger partial charge in [0.15, 0.2) is 0 Å². The molecule has 0 bridgehead atoms. The summed E-state index contributed by atoms with van der Waals surface area (Å²) in [6, 6.07) is 8.49. The molecule has 1 aromatic rings. The number of anilines is 1. The Kier molecular flexibility index (Phi) is 4.91. The zero-order chi connectivity index (χ0) is 11.2. The Morgan fingerprint density at radius 3 is 3.12 bits per heavy atom. The standard InChI is InChI=1S/C13H18INO/c14-11-4-1-5-12(10-11)15-8-2-6-13-7-3-9-16-13/h1,4-5,10,13,15H,2-3,6-9H2. The highest BCUT2D eigenvalue weighted by Crippen LogP contribution is 2.17. The van der Waals surface area contributed by atoms with Crippen LogP contribution in [0.3, 0.4) is 0 Å². The molecule has 88 valence electrons. The molecule has 1 aromatic carbocycles. The number of hydrogen-bond acceptors (Lipinski definition) is 2. The Morgan fingerprint density at radius 2 is 2.38 bits per heavy atom. The van der Waals surface area contributed by atoms with E-state index in [2.05, 4.69) is 52.2 Å². The van der Waals surface area contributed by atoms with Crippen LogP contribution in [0.15, 0.2) is 24.3 Å². The molecule has 1 saturated heterocycles. The van der Waals surface area contributed by atoms with Gasteiger partial charge in [0.1, 0.15) is 0 Å². The lowest BCUT2D eigenvalue weighted by Crippen LogP contribution is -2.09. The summed E-state index contributed by atoms with van der Waals surface area (Å²) in [5.41, 5.74) is 1.22. The van der Waals surface area contributed by atoms with Crippen LogP contribution in [0.2, 0.25) is 0 Å². The SMILES string of the molecule is Ic1cccc(NCCCC2CCCO2)c1. The van der Waals surface area contributed by atoms with Gasteiger partial charge in [-0.05, 0) is 66.5 Å². The van der Waals surface area contributed by atoms with Crippen LogP contribution in [0.4, 0.5) is 5.69 Å². The first-order chi connectivity index (χ1) is 7.84. The quantitative estimate of drug-likeness (QED) is 0.657. The van der Waals surface area contributed by atoms with Gasteiger partial charge in [0, 0.05) is 22.4 Å². The van der Waals surface area contributed by atoms with Crippen molar-refractivity contribution in [3.63, 3.8) is 0 Å². The van der Waals surface area contributed by atoms with Crippen LogP contribution in [0, 0.1) is 3.57 Å². The van der Waals surface area contributed by atoms with E-state index in [1.165, 1.54) is 34.9 Å². The molecule has 1 fully saturated rings. The van der Waals surface area contributed by atoms with Gasteiger partial charge in [-0.2, -0.15) is 0 Å². The van der Waals surface area contributed by atoms with Crippen molar-refractivity contribution in [3.8, 4) is 0 Å². The van der Waals surface area contributed by atoms with Gasteiger partial charge < -0.3 is 10.1 Å². The van der Waals surface area contributed by atoms with Crippen LogP contribution in [0.5, 0.6) is 0 Å². The average Bonchev–Trinajstić information content (AvgIpc) is 2.77. The van der Waals surface area contributed by atoms with Crippen molar-refractivity contribution in [3.05, 3.63) is 27.8 Å². The molecule has 2 rings (SSSR count). The lowest BCUT2D eigenvalue weighted by atomic mass is 10.1. The number of ether oxygens (including phenoxy) is 1. The van der Waals surface area contributed by atoms with Crippen molar-refractivity contribution in [2.75, 3.05) is 18.5 Å². The predicted octanol–water partition coefficient (Wildman–Crippen LogP) is 3.66. The zero-order valence-corrected chi connectivity index (χ0v) is 11.6. The first-order valence-electron chi connectivity index (χ1n) is 5.95. The van der Waals surface area contributed by atoms with E-state index in [9.17, 15) is 0 Å². The molecular formula is C13H18INO. The molecule has 3 heteroatoms. The van der Waals surface area contributed by atoms with Crippen LogP contribution >= 0.6 is 22.6 Å². The maximum absolute atomic E-state index is 5.60. The first-order valence-corrected chi connectivity index (χ1v) is 7.03. The molecule has 0 saturated carbocycles. The van der Waals surface area contributed by atoms with Gasteiger partial charge in [-0.15, -0.1) is 0 Å². The highest BCUT2D eigenvalue weighted by molar-refractivity contribution is 14.1. The normalized spacial score (nSPS) is 19.9. The maximum atomic E-state index is 5.60. The van der Waals surface area contributed by atoms with Gasteiger partial charge in [0.2, 0.25) is 0 Å². The van der Waals surface area contributed by atoms with Gasteiger partial charge >= 0.3 is 0 Å². The summed E-state index contributed by atoms with van der Waals surface area (Å²) in [5, 5.41) is 3.45. The number of halogens is 1. The molecule has 0 radical (unpaired) electrons. The Labute approximate surface area is 111 Å². The third-order valence-corrected chi connectivity index (χ3v) is 3.55. The van der Waals surface area contributed by atoms with Gasteiger partial charge in [-0.1, -0.05) is 6.07 Å². The van der Waals surface area contributed by atoms with E-state index in [4.69, 9.17) is 4.74 Å². The molecule has 16 heavy (non-hydrogen) atoms. The third-order valence-electron chi connectivity index (χ3n) is 2.88. The van der Waals surface area contributed by atoms with Crippen molar-refractivity contribution in [1.82, 2.24) is 0 Å². The van der Waals surface area contributed by atoms with Crippen molar-refractivity contribution < 1.29 is 4.74 Å². The van der Waals surface area contributed by atoms with Crippen LogP contribution in [-0.2, 0) is 4.74 Å². The Bertz CT molecular complexity index is 323. The van der Waals surface area contributed by atoms with Gasteiger partial charge in [-0.25, -0.2) is 0 Å². The van der Waals surface area contributed by atoms with Gasteiger partial charge in [0.25, 0.3) is 0 Å². The first kappa shape index (κ1) is 12.2. The summed E-state index contributed by atoms with van der Waals surface area (Å²) < 4.78 is 6.87. The summed E-state index contributed by atoms with van der Waals surface area (Å²) >= 11 is 2.34. The second kappa shape index (κ2) is 6.45. The fourth-order valence-corrected chi connectivity index (χ4v) is 2.58. The van der Waals surface area contributed by atoms with Crippen LogP contribution in [0.25, 0.3) is 0 Å². The largest absolute Gasteiger partial charge is 0.385 e. The second-order valence-corrected chi connectivity index (χ2v) is 5.46. The Balaban J connectivity index is 1.64. The lowest BCUT2D eigenvalue weighted by molar-refractivity contribution is 0.103. The topological polar surface area (TPSA) is 21.3 Å².